The summed E-state index contributed by atoms with van der Waals surface area (Å²) in [6.45, 7) is 7.36. The van der Waals surface area contributed by atoms with Gasteiger partial charge in [-0.3, -0.25) is 0 Å². The quantitative estimate of drug-likeness (QED) is 0.882. The second-order valence-corrected chi connectivity index (χ2v) is 6.46. The number of nitrogens with one attached hydrogen (secondary N) is 1. The summed E-state index contributed by atoms with van der Waals surface area (Å²) in [7, 11) is 2.20. The molecule has 1 aliphatic rings. The number of rotatable bonds is 2. The third kappa shape index (κ3) is 2.05. The Labute approximate surface area is 121 Å². The number of nitrogens with two attached hydrogens (primary N) is 1. The highest BCUT2D eigenvalue weighted by Gasteiger charge is 2.37. The lowest BCUT2D eigenvalue weighted by atomic mass is 9.71. The number of likely N-dealkylation sites (tertiary alicyclic amines) is 1. The van der Waals surface area contributed by atoms with Gasteiger partial charge in [-0.05, 0) is 64.5 Å². The normalized spacial score (nSPS) is 19.6. The molecule has 1 aromatic carbocycles. The number of aryl methyl sites for hydroxylation is 2. The highest BCUT2D eigenvalue weighted by atomic mass is 15.1. The van der Waals surface area contributed by atoms with E-state index in [1.165, 1.54) is 27.7 Å². The van der Waals surface area contributed by atoms with E-state index in [4.69, 9.17) is 5.73 Å². The van der Waals surface area contributed by atoms with Gasteiger partial charge in [0.1, 0.15) is 0 Å². The number of hydrogen-bond acceptors (Lipinski definition) is 2. The maximum absolute atomic E-state index is 6.24. The van der Waals surface area contributed by atoms with E-state index in [0.29, 0.717) is 0 Å². The van der Waals surface area contributed by atoms with E-state index in [2.05, 4.69) is 49.0 Å². The molecule has 3 nitrogen and oxygen atoms in total. The van der Waals surface area contributed by atoms with Gasteiger partial charge in [-0.2, -0.15) is 0 Å². The van der Waals surface area contributed by atoms with Gasteiger partial charge in [-0.15, -0.1) is 0 Å². The SMILES string of the molecule is Cc1ccc2[nH]c(C)c(C3(CN)CCN(C)CC3)c2c1. The largest absolute Gasteiger partial charge is 0.358 e. The maximum atomic E-state index is 6.24. The first-order chi connectivity index (χ1) is 9.55. The third-order valence-corrected chi connectivity index (χ3v) is 5.01. The summed E-state index contributed by atoms with van der Waals surface area (Å²) in [6.07, 6.45) is 2.31. The first kappa shape index (κ1) is 13.7. The molecule has 3 rings (SSSR count). The molecule has 2 heterocycles. The van der Waals surface area contributed by atoms with Crippen molar-refractivity contribution < 1.29 is 0 Å². The van der Waals surface area contributed by atoms with Crippen LogP contribution in [0.2, 0.25) is 0 Å². The molecule has 0 atom stereocenters. The molecule has 20 heavy (non-hydrogen) atoms. The highest BCUT2D eigenvalue weighted by Crippen LogP contribution is 2.40. The standard InChI is InChI=1S/C17H25N3/c1-12-4-5-15-14(10-12)16(13(2)19-15)17(11-18)6-8-20(3)9-7-17/h4-5,10,19H,6-9,11,18H2,1-3H3. The summed E-state index contributed by atoms with van der Waals surface area (Å²) in [5.74, 6) is 0. The smallest absolute Gasteiger partial charge is 0.0459 e. The number of aromatic amines is 1. The predicted octanol–water partition coefficient (Wildman–Crippen LogP) is 2.71. The van der Waals surface area contributed by atoms with Crippen LogP contribution in [0.15, 0.2) is 18.2 Å². The topological polar surface area (TPSA) is 45.1 Å². The molecule has 0 spiro atoms. The number of hydrogen-bond donors (Lipinski definition) is 2. The van der Waals surface area contributed by atoms with Gasteiger partial charge in [0.05, 0.1) is 0 Å². The molecule has 3 N–H and O–H groups in total. The third-order valence-electron chi connectivity index (χ3n) is 5.01. The Balaban J connectivity index is 2.16. The van der Waals surface area contributed by atoms with Crippen molar-refractivity contribution in [2.75, 3.05) is 26.7 Å². The van der Waals surface area contributed by atoms with Crippen LogP contribution in [0.3, 0.4) is 0 Å². The minimum Gasteiger partial charge on any atom is -0.358 e. The lowest BCUT2D eigenvalue weighted by Crippen LogP contribution is -2.45. The number of nitrogens with zero attached hydrogens (tertiary/aromatic N) is 1. The van der Waals surface area contributed by atoms with Crippen molar-refractivity contribution in [3.05, 3.63) is 35.0 Å². The van der Waals surface area contributed by atoms with Crippen LogP contribution in [-0.4, -0.2) is 36.6 Å². The van der Waals surface area contributed by atoms with E-state index >= 15 is 0 Å². The van der Waals surface area contributed by atoms with E-state index in [1.54, 1.807) is 0 Å². The molecule has 0 saturated carbocycles. The monoisotopic (exact) mass is 271 g/mol. The zero-order valence-electron chi connectivity index (χ0n) is 12.8. The molecule has 1 aromatic heterocycles. The number of fused-ring (bicyclic) bond motifs is 1. The average Bonchev–Trinajstić information content (AvgIpc) is 2.76. The van der Waals surface area contributed by atoms with Crippen LogP contribution in [0, 0.1) is 13.8 Å². The fraction of sp³-hybridized carbons (Fsp3) is 0.529. The molecular weight excluding hydrogens is 246 g/mol. The minimum absolute atomic E-state index is 0.142. The molecule has 0 bridgehead atoms. The molecule has 0 amide bonds. The van der Waals surface area contributed by atoms with Crippen LogP contribution in [0.25, 0.3) is 10.9 Å². The Morgan fingerprint density at radius 2 is 1.95 bits per heavy atom. The first-order valence-electron chi connectivity index (χ1n) is 7.54. The lowest BCUT2D eigenvalue weighted by molar-refractivity contribution is 0.192. The van der Waals surface area contributed by atoms with Crippen LogP contribution in [0.5, 0.6) is 0 Å². The summed E-state index contributed by atoms with van der Waals surface area (Å²) in [5.41, 5.74) is 11.7. The number of aromatic nitrogens is 1. The van der Waals surface area contributed by atoms with Crippen molar-refractivity contribution >= 4 is 10.9 Å². The Bertz CT molecular complexity index is 618. The first-order valence-corrected chi connectivity index (χ1v) is 7.54. The van der Waals surface area contributed by atoms with Gasteiger partial charge in [-0.25, -0.2) is 0 Å². The molecule has 1 fully saturated rings. The van der Waals surface area contributed by atoms with E-state index in [0.717, 1.165) is 32.5 Å². The van der Waals surface area contributed by atoms with Crippen LogP contribution in [0.1, 0.15) is 29.7 Å². The Morgan fingerprint density at radius 3 is 2.60 bits per heavy atom. The fourth-order valence-corrected chi connectivity index (χ4v) is 3.73. The Hall–Kier alpha value is -1.32. The van der Waals surface area contributed by atoms with Crippen molar-refractivity contribution in [3.63, 3.8) is 0 Å². The molecule has 1 aliphatic heterocycles. The molecule has 108 valence electrons. The van der Waals surface area contributed by atoms with Gasteiger partial charge < -0.3 is 15.6 Å². The van der Waals surface area contributed by atoms with Crippen LogP contribution >= 0.6 is 0 Å². The molecule has 0 aliphatic carbocycles. The van der Waals surface area contributed by atoms with E-state index in [-0.39, 0.29) is 5.41 Å². The molecule has 0 radical (unpaired) electrons. The second kappa shape index (κ2) is 4.90. The summed E-state index contributed by atoms with van der Waals surface area (Å²) < 4.78 is 0. The zero-order valence-corrected chi connectivity index (χ0v) is 12.8. The number of H-pyrrole nitrogens is 1. The molecular formula is C17H25N3. The van der Waals surface area contributed by atoms with Crippen molar-refractivity contribution in [3.8, 4) is 0 Å². The van der Waals surface area contributed by atoms with Gasteiger partial charge in [0.2, 0.25) is 0 Å². The fourth-order valence-electron chi connectivity index (χ4n) is 3.73. The molecule has 3 heteroatoms. The molecule has 0 unspecified atom stereocenters. The minimum atomic E-state index is 0.142. The van der Waals surface area contributed by atoms with Crippen molar-refractivity contribution in [1.82, 2.24) is 9.88 Å². The van der Waals surface area contributed by atoms with Crippen molar-refractivity contribution in [2.24, 2.45) is 5.73 Å². The van der Waals surface area contributed by atoms with Gasteiger partial charge >= 0.3 is 0 Å². The van der Waals surface area contributed by atoms with Gasteiger partial charge in [0, 0.05) is 28.6 Å². The molecule has 1 saturated heterocycles. The summed E-state index contributed by atoms with van der Waals surface area (Å²) in [6, 6.07) is 6.68. The number of piperidine rings is 1. The van der Waals surface area contributed by atoms with Gasteiger partial charge in [0.15, 0.2) is 0 Å². The van der Waals surface area contributed by atoms with Crippen molar-refractivity contribution in [1.29, 1.82) is 0 Å². The number of benzene rings is 1. The molecule has 2 aromatic rings. The van der Waals surface area contributed by atoms with Crippen LogP contribution in [-0.2, 0) is 5.41 Å². The van der Waals surface area contributed by atoms with Crippen molar-refractivity contribution in [2.45, 2.75) is 32.1 Å². The van der Waals surface area contributed by atoms with E-state index in [1.807, 2.05) is 0 Å². The zero-order chi connectivity index (χ0) is 14.3. The Kier molecular flexibility index (Phi) is 3.35. The van der Waals surface area contributed by atoms with Gasteiger partial charge in [-0.1, -0.05) is 11.6 Å². The summed E-state index contributed by atoms with van der Waals surface area (Å²) in [5, 5.41) is 1.37. The predicted molar refractivity (Wildman–Crippen MR) is 85.2 cm³/mol. The van der Waals surface area contributed by atoms with Gasteiger partial charge in [0.25, 0.3) is 0 Å². The van der Waals surface area contributed by atoms with Crippen LogP contribution < -0.4 is 5.73 Å². The van der Waals surface area contributed by atoms with E-state index in [9.17, 15) is 0 Å². The summed E-state index contributed by atoms with van der Waals surface area (Å²) >= 11 is 0. The summed E-state index contributed by atoms with van der Waals surface area (Å²) in [4.78, 5) is 5.96. The Morgan fingerprint density at radius 1 is 1.25 bits per heavy atom. The lowest BCUT2D eigenvalue weighted by Gasteiger charge is -2.40. The van der Waals surface area contributed by atoms with E-state index < -0.39 is 0 Å². The average molecular weight is 271 g/mol. The maximum Gasteiger partial charge on any atom is 0.0459 e. The van der Waals surface area contributed by atoms with Crippen LogP contribution in [0.4, 0.5) is 0 Å². The second-order valence-electron chi connectivity index (χ2n) is 6.46. The highest BCUT2D eigenvalue weighted by molar-refractivity contribution is 5.86.